The molecular formula is C133H82N6O2. The highest BCUT2D eigenvalue weighted by Crippen LogP contribution is 2.48. The zero-order chi connectivity index (χ0) is 92.3. The molecule has 0 aliphatic carbocycles. The highest BCUT2D eigenvalue weighted by atomic mass is 16.3. The van der Waals surface area contributed by atoms with E-state index in [1.54, 1.807) is 0 Å². The molecular weight excluding hydrogens is 1710 g/mol. The molecule has 0 aliphatic heterocycles. The van der Waals surface area contributed by atoms with Gasteiger partial charge in [-0.05, 0) is 304 Å². The predicted octanol–water partition coefficient (Wildman–Crippen LogP) is 36.0. The Kier molecular flexibility index (Phi) is 17.1. The third-order valence-electron chi connectivity index (χ3n) is 30.1. The summed E-state index contributed by atoms with van der Waals surface area (Å²) in [4.78, 5) is 0. The van der Waals surface area contributed by atoms with Crippen LogP contribution in [0.5, 0.6) is 0 Å². The molecule has 0 spiro atoms. The first-order valence-corrected chi connectivity index (χ1v) is 48.5. The number of aromatic nitrogens is 6. The van der Waals surface area contributed by atoms with E-state index < -0.39 is 0 Å². The van der Waals surface area contributed by atoms with Gasteiger partial charge in [0.1, 0.15) is 22.3 Å². The molecule has 30 aromatic rings. The molecule has 22 aromatic carbocycles. The summed E-state index contributed by atoms with van der Waals surface area (Å²) in [6.45, 7) is 2.15. The Bertz CT molecular complexity index is 10500. The topological polar surface area (TPSA) is 55.9 Å². The van der Waals surface area contributed by atoms with Crippen molar-refractivity contribution in [2.75, 3.05) is 0 Å². The molecule has 0 radical (unpaired) electrons. The average Bonchev–Trinajstić information content (AvgIpc) is 1.58. The Hall–Kier alpha value is -18.8. The summed E-state index contributed by atoms with van der Waals surface area (Å²) in [5, 5.41) is 18.9. The van der Waals surface area contributed by atoms with E-state index in [0.717, 1.165) is 172 Å². The quantitative estimate of drug-likeness (QED) is 0.116. The molecule has 0 atom stereocenters. The fourth-order valence-electron chi connectivity index (χ4n) is 23.4. The average molecular weight is 1800 g/mol. The SMILES string of the molecule is Cc1ccc(-n2c3ccccc3c3cc(-c4ccc5c(c4)c4cc(-c6ccc7c(c6)c6ccccc6n7-c6ccccc6)ccc4n5-c4ccc(-c5cccc6c5oc5ccc(-c7cccc(-n8c9ccccc9c9cc(-c%10ccc%11c(c%10)c%10cc(-c%12ccc%13c(c%12)c%12ccccc%12n%13-c%12ccccc%12)ccc%10n%11-c%10ccc(-c%11ccc%12oc%13ccccc%13c%12c%11)cc%10)ccc98)c7)cc56)cc4)ccc32)cc1. The van der Waals surface area contributed by atoms with Crippen LogP contribution in [0.25, 0.3) is 287 Å². The van der Waals surface area contributed by atoms with Crippen LogP contribution in [0.4, 0.5) is 0 Å². The largest absolute Gasteiger partial charge is 0.456 e. The van der Waals surface area contributed by atoms with Crippen molar-refractivity contribution in [2.24, 2.45) is 0 Å². The Morgan fingerprint density at radius 2 is 0.376 bits per heavy atom. The van der Waals surface area contributed by atoms with Crippen molar-refractivity contribution >= 4 is 175 Å². The fourth-order valence-corrected chi connectivity index (χ4v) is 23.4. The van der Waals surface area contributed by atoms with Crippen LogP contribution < -0.4 is 0 Å². The number of hydrogen-bond acceptors (Lipinski definition) is 2. The van der Waals surface area contributed by atoms with Gasteiger partial charge in [-0.1, -0.05) is 260 Å². The summed E-state index contributed by atoms with van der Waals surface area (Å²) in [6.07, 6.45) is 0. The third kappa shape index (κ3) is 12.2. The Labute approximate surface area is 809 Å². The van der Waals surface area contributed by atoms with E-state index >= 15 is 0 Å². The molecule has 0 bridgehead atoms. The first-order valence-electron chi connectivity index (χ1n) is 48.5. The first-order chi connectivity index (χ1) is 69.8. The van der Waals surface area contributed by atoms with E-state index in [4.69, 9.17) is 8.83 Å². The van der Waals surface area contributed by atoms with Crippen molar-refractivity contribution in [3.63, 3.8) is 0 Å². The molecule has 8 heteroatoms. The lowest BCUT2D eigenvalue weighted by Gasteiger charge is -2.11. The van der Waals surface area contributed by atoms with Gasteiger partial charge in [0, 0.05) is 126 Å². The second-order valence-electron chi connectivity index (χ2n) is 37.9. The minimum atomic E-state index is 0.844. The van der Waals surface area contributed by atoms with Gasteiger partial charge in [-0.15, -0.1) is 0 Å². The second kappa shape index (κ2) is 30.6. The summed E-state index contributed by atoms with van der Waals surface area (Å²) in [7, 11) is 0. The van der Waals surface area contributed by atoms with E-state index in [1.807, 2.05) is 12.1 Å². The maximum absolute atomic E-state index is 7.03. The normalized spacial score (nSPS) is 12.1. The Balaban J connectivity index is 0.492. The van der Waals surface area contributed by atoms with Crippen LogP contribution in [-0.4, -0.2) is 27.4 Å². The van der Waals surface area contributed by atoms with Gasteiger partial charge in [0.25, 0.3) is 0 Å². The molecule has 0 aliphatic rings. The third-order valence-corrected chi connectivity index (χ3v) is 30.1. The summed E-state index contributed by atoms with van der Waals surface area (Å²) < 4.78 is 27.8. The molecule has 0 saturated heterocycles. The fraction of sp³-hybridized carbons (Fsp3) is 0.00752. The molecule has 8 nitrogen and oxygen atoms in total. The van der Waals surface area contributed by atoms with Crippen molar-refractivity contribution < 1.29 is 8.83 Å². The van der Waals surface area contributed by atoms with E-state index in [2.05, 4.69) is 501 Å². The van der Waals surface area contributed by atoms with E-state index in [0.29, 0.717) is 0 Å². The van der Waals surface area contributed by atoms with Gasteiger partial charge >= 0.3 is 0 Å². The summed E-state index contributed by atoms with van der Waals surface area (Å²) >= 11 is 0. The molecule has 141 heavy (non-hydrogen) atoms. The molecule has 0 unspecified atom stereocenters. The summed E-state index contributed by atoms with van der Waals surface area (Å²) in [6, 6.07) is 177. The number of furan rings is 2. The molecule has 8 heterocycles. The maximum Gasteiger partial charge on any atom is 0.143 e. The van der Waals surface area contributed by atoms with Gasteiger partial charge in [-0.25, -0.2) is 0 Å². The zero-order valence-corrected chi connectivity index (χ0v) is 76.6. The molecule has 30 rings (SSSR count). The van der Waals surface area contributed by atoms with Crippen molar-refractivity contribution in [1.82, 2.24) is 27.4 Å². The smallest absolute Gasteiger partial charge is 0.143 e. The highest BCUT2D eigenvalue weighted by Gasteiger charge is 2.26. The van der Waals surface area contributed by atoms with Crippen molar-refractivity contribution in [3.05, 3.63) is 485 Å². The molecule has 0 saturated carbocycles. The monoisotopic (exact) mass is 1790 g/mol. The van der Waals surface area contributed by atoms with Gasteiger partial charge < -0.3 is 36.2 Å². The van der Waals surface area contributed by atoms with Crippen LogP contribution >= 0.6 is 0 Å². The molecule has 0 N–H and O–H groups in total. The lowest BCUT2D eigenvalue weighted by Crippen LogP contribution is -1.94. The molecule has 0 fully saturated rings. The van der Waals surface area contributed by atoms with E-state index in [-0.39, 0.29) is 0 Å². The standard InChI is InChI=1S/C133H82N6O2/c1-81-38-54-97(55-39-81)136-120-35-15-10-28-104(120)110-73-88(46-62-124(110)136)92-51-67-129-115(77-92)114-76-91(87-45-61-123-109(72-87)103-27-9-14-34-119(103)135(123)96-23-6-3-7-24-96)50-66-128(114)138(129)99-58-42-83(43-59-99)101-31-19-32-107-117-80-94(53-69-132(117)141-133(101)107)84-20-18-25-100(70-84)139-121-36-16-11-29-105(121)111-74-89(47-63-125(111)139)93-49-65-127-113(78-93)112-75-90(86-44-60-122-108(71-86)102-26-8-13-33-118(102)134(122)95-21-4-2-5-22-95)48-64-126(112)137(127)98-56-40-82(41-57-98)85-52-68-131-116(79-85)106-30-12-17-37-130(106)140-131/h2-80H,1H3. The molecule has 0 amide bonds. The van der Waals surface area contributed by atoms with Crippen molar-refractivity contribution in [1.29, 1.82) is 0 Å². The number of rotatable bonds is 13. The maximum atomic E-state index is 7.03. The van der Waals surface area contributed by atoms with Crippen LogP contribution in [0.1, 0.15) is 5.56 Å². The lowest BCUT2D eigenvalue weighted by atomic mass is 9.98. The van der Waals surface area contributed by atoms with Crippen molar-refractivity contribution in [2.45, 2.75) is 6.92 Å². The van der Waals surface area contributed by atoms with E-state index in [9.17, 15) is 0 Å². The van der Waals surface area contributed by atoms with Gasteiger partial charge in [0.2, 0.25) is 0 Å². The van der Waals surface area contributed by atoms with Crippen LogP contribution in [0.2, 0.25) is 0 Å². The first kappa shape index (κ1) is 78.6. The van der Waals surface area contributed by atoms with Crippen LogP contribution in [-0.2, 0) is 0 Å². The van der Waals surface area contributed by atoms with Gasteiger partial charge in [-0.3, -0.25) is 0 Å². The highest BCUT2D eigenvalue weighted by molar-refractivity contribution is 6.20. The molecule has 656 valence electrons. The minimum absolute atomic E-state index is 0.844. The van der Waals surface area contributed by atoms with Gasteiger partial charge in [-0.2, -0.15) is 0 Å². The summed E-state index contributed by atoms with van der Waals surface area (Å²) in [5.74, 6) is 0. The predicted molar refractivity (Wildman–Crippen MR) is 590 cm³/mol. The van der Waals surface area contributed by atoms with Crippen LogP contribution in [0.3, 0.4) is 0 Å². The lowest BCUT2D eigenvalue weighted by molar-refractivity contribution is 0.669. The number of nitrogens with zero attached hydrogens (tertiary/aromatic N) is 6. The van der Waals surface area contributed by atoms with E-state index in [1.165, 1.54) is 120 Å². The minimum Gasteiger partial charge on any atom is -0.456 e. The van der Waals surface area contributed by atoms with Gasteiger partial charge in [0.05, 0.1) is 66.2 Å². The number of hydrogen-bond donors (Lipinski definition) is 0. The number of benzene rings is 22. The second-order valence-corrected chi connectivity index (χ2v) is 37.9. The molecule has 8 aromatic heterocycles. The Morgan fingerprint density at radius 3 is 0.766 bits per heavy atom. The number of aryl methyl sites for hydroxylation is 1. The number of para-hydroxylation sites is 8. The Morgan fingerprint density at radius 1 is 0.135 bits per heavy atom. The van der Waals surface area contributed by atoms with Crippen molar-refractivity contribution in [3.8, 4) is 112 Å². The van der Waals surface area contributed by atoms with Crippen LogP contribution in [0.15, 0.2) is 488 Å². The zero-order valence-electron chi connectivity index (χ0n) is 76.6. The van der Waals surface area contributed by atoms with Crippen LogP contribution in [0, 0.1) is 6.92 Å². The summed E-state index contributed by atoms with van der Waals surface area (Å²) in [5.41, 5.74) is 41.3. The van der Waals surface area contributed by atoms with Gasteiger partial charge in [0.15, 0.2) is 0 Å². The number of fused-ring (bicyclic) bond motifs is 24.